The van der Waals surface area contributed by atoms with E-state index in [4.69, 9.17) is 0 Å². The number of carbonyl (C=O) groups excluding carboxylic acids is 2. The van der Waals surface area contributed by atoms with Crippen LogP contribution in [0.15, 0.2) is 84.6 Å². The Morgan fingerprint density at radius 1 is 1.00 bits per heavy atom. The summed E-state index contributed by atoms with van der Waals surface area (Å²) in [6.45, 7) is 1.86. The van der Waals surface area contributed by atoms with E-state index in [0.717, 1.165) is 5.56 Å². The highest BCUT2D eigenvalue weighted by molar-refractivity contribution is 6.06. The molecule has 0 aliphatic heterocycles. The van der Waals surface area contributed by atoms with Gasteiger partial charge in [-0.05, 0) is 36.3 Å². The lowest BCUT2D eigenvalue weighted by atomic mass is 10.1. The lowest BCUT2D eigenvalue weighted by Crippen LogP contribution is -2.45. The topological polar surface area (TPSA) is 139 Å². The molecule has 0 saturated heterocycles. The molecule has 0 radical (unpaired) electrons. The standard InChI is InChI=1S/C26H23N3O6/c1-17-10-12-20(13-11-17)24(30)27-22(16-19-8-5-9-21(14-19)29(34)35)25(31)28-23(26(32)33)15-18-6-3-2-4-7-18/h2-14,16,23H,15H2,1H3,(H,27,30)(H,28,31)(H,32,33)/b22-16+/t23-/m1/s1. The van der Waals surface area contributed by atoms with E-state index in [0.29, 0.717) is 5.56 Å². The maximum absolute atomic E-state index is 13.1. The molecule has 3 rings (SSSR count). The molecule has 0 aliphatic rings. The highest BCUT2D eigenvalue weighted by Gasteiger charge is 2.24. The van der Waals surface area contributed by atoms with E-state index < -0.39 is 28.7 Å². The Bertz CT molecular complexity index is 1270. The van der Waals surface area contributed by atoms with Crippen molar-refractivity contribution in [2.75, 3.05) is 0 Å². The fraction of sp³-hybridized carbons (Fsp3) is 0.115. The van der Waals surface area contributed by atoms with Crippen LogP contribution >= 0.6 is 0 Å². The average molecular weight is 473 g/mol. The molecule has 0 saturated carbocycles. The minimum absolute atomic E-state index is 0.0257. The molecule has 178 valence electrons. The molecule has 0 spiro atoms. The van der Waals surface area contributed by atoms with Gasteiger partial charge in [0.1, 0.15) is 11.7 Å². The van der Waals surface area contributed by atoms with Crippen LogP contribution in [0.1, 0.15) is 27.0 Å². The molecule has 0 fully saturated rings. The minimum Gasteiger partial charge on any atom is -0.480 e. The number of aliphatic carboxylic acids is 1. The third-order valence-electron chi connectivity index (χ3n) is 5.08. The Balaban J connectivity index is 1.91. The van der Waals surface area contributed by atoms with Gasteiger partial charge >= 0.3 is 5.97 Å². The van der Waals surface area contributed by atoms with E-state index in [-0.39, 0.29) is 28.9 Å². The zero-order valence-electron chi connectivity index (χ0n) is 18.8. The number of nitrogens with one attached hydrogen (secondary N) is 2. The van der Waals surface area contributed by atoms with Crippen molar-refractivity contribution in [3.8, 4) is 0 Å². The van der Waals surface area contributed by atoms with Gasteiger partial charge in [0.25, 0.3) is 17.5 Å². The van der Waals surface area contributed by atoms with Gasteiger partial charge in [-0.2, -0.15) is 0 Å². The number of rotatable bonds is 9. The minimum atomic E-state index is -1.27. The van der Waals surface area contributed by atoms with E-state index in [9.17, 15) is 29.6 Å². The normalized spacial score (nSPS) is 11.9. The van der Waals surface area contributed by atoms with Gasteiger partial charge in [-0.15, -0.1) is 0 Å². The molecule has 9 nitrogen and oxygen atoms in total. The SMILES string of the molecule is Cc1ccc(C(=O)N/C(=C/c2cccc([N+](=O)[O-])c2)C(=O)N[C@H](Cc2ccccc2)C(=O)O)cc1. The van der Waals surface area contributed by atoms with Crippen molar-refractivity contribution < 1.29 is 24.4 Å². The predicted molar refractivity (Wildman–Crippen MR) is 129 cm³/mol. The fourth-order valence-corrected chi connectivity index (χ4v) is 3.24. The molecular weight excluding hydrogens is 450 g/mol. The zero-order chi connectivity index (χ0) is 25.4. The number of carbonyl (C=O) groups is 3. The number of hydrogen-bond donors (Lipinski definition) is 3. The van der Waals surface area contributed by atoms with E-state index >= 15 is 0 Å². The number of hydrogen-bond acceptors (Lipinski definition) is 5. The summed E-state index contributed by atoms with van der Waals surface area (Å²) in [5.41, 5.74) is 1.76. The molecule has 3 aromatic carbocycles. The second-order valence-corrected chi connectivity index (χ2v) is 7.78. The summed E-state index contributed by atoms with van der Waals surface area (Å²) in [6.07, 6.45) is 1.29. The molecule has 3 N–H and O–H groups in total. The Labute approximate surface area is 201 Å². The first-order chi connectivity index (χ1) is 16.7. The summed E-state index contributed by atoms with van der Waals surface area (Å²) in [5, 5.41) is 25.7. The Morgan fingerprint density at radius 3 is 2.31 bits per heavy atom. The van der Waals surface area contributed by atoms with Gasteiger partial charge in [0.05, 0.1) is 4.92 Å². The molecule has 0 bridgehead atoms. The fourth-order valence-electron chi connectivity index (χ4n) is 3.24. The van der Waals surface area contributed by atoms with E-state index in [1.165, 1.54) is 30.3 Å². The summed E-state index contributed by atoms with van der Waals surface area (Å²) in [5.74, 6) is -2.69. The van der Waals surface area contributed by atoms with Crippen LogP contribution in [0, 0.1) is 17.0 Å². The van der Waals surface area contributed by atoms with E-state index in [1.807, 2.05) is 6.92 Å². The lowest BCUT2D eigenvalue weighted by molar-refractivity contribution is -0.384. The second-order valence-electron chi connectivity index (χ2n) is 7.78. The molecule has 0 unspecified atom stereocenters. The maximum Gasteiger partial charge on any atom is 0.326 e. The van der Waals surface area contributed by atoms with Crippen LogP contribution in [0.4, 0.5) is 5.69 Å². The molecule has 0 aromatic heterocycles. The maximum atomic E-state index is 13.1. The Kier molecular flexibility index (Phi) is 8.07. The lowest BCUT2D eigenvalue weighted by Gasteiger charge is -2.17. The Hall–Kier alpha value is -4.79. The molecule has 1 atom stereocenters. The predicted octanol–water partition coefficient (Wildman–Crippen LogP) is 3.49. The quantitative estimate of drug-likeness (QED) is 0.247. The highest BCUT2D eigenvalue weighted by Crippen LogP contribution is 2.16. The number of nitro benzene ring substituents is 1. The van der Waals surface area contributed by atoms with Crippen LogP contribution < -0.4 is 10.6 Å². The Morgan fingerprint density at radius 2 is 1.69 bits per heavy atom. The summed E-state index contributed by atoms with van der Waals surface area (Å²) in [6, 6.07) is 19.6. The molecule has 3 aromatic rings. The molecular formula is C26H23N3O6. The number of benzene rings is 3. The third kappa shape index (κ3) is 7.10. The molecule has 0 aliphatic carbocycles. The van der Waals surface area contributed by atoms with Crippen molar-refractivity contribution in [2.45, 2.75) is 19.4 Å². The van der Waals surface area contributed by atoms with Gasteiger partial charge in [-0.3, -0.25) is 19.7 Å². The van der Waals surface area contributed by atoms with Gasteiger partial charge in [-0.1, -0.05) is 60.2 Å². The first kappa shape index (κ1) is 24.8. The number of amides is 2. The van der Waals surface area contributed by atoms with Gasteiger partial charge in [-0.25, -0.2) is 4.79 Å². The van der Waals surface area contributed by atoms with E-state index in [2.05, 4.69) is 10.6 Å². The largest absolute Gasteiger partial charge is 0.480 e. The van der Waals surface area contributed by atoms with Crippen molar-refractivity contribution in [3.05, 3.63) is 117 Å². The number of non-ortho nitro benzene ring substituents is 1. The average Bonchev–Trinajstić information content (AvgIpc) is 2.84. The summed E-state index contributed by atoms with van der Waals surface area (Å²) >= 11 is 0. The number of nitrogens with zero attached hydrogens (tertiary/aromatic N) is 1. The molecule has 0 heterocycles. The highest BCUT2D eigenvalue weighted by atomic mass is 16.6. The van der Waals surface area contributed by atoms with Crippen LogP contribution in [0.25, 0.3) is 6.08 Å². The van der Waals surface area contributed by atoms with Gasteiger partial charge < -0.3 is 15.7 Å². The van der Waals surface area contributed by atoms with Crippen molar-refractivity contribution in [2.24, 2.45) is 0 Å². The van der Waals surface area contributed by atoms with Crippen LogP contribution in [0.2, 0.25) is 0 Å². The van der Waals surface area contributed by atoms with Crippen molar-refractivity contribution in [1.82, 2.24) is 10.6 Å². The van der Waals surface area contributed by atoms with Crippen molar-refractivity contribution in [3.63, 3.8) is 0 Å². The summed E-state index contributed by atoms with van der Waals surface area (Å²) in [7, 11) is 0. The molecule has 9 heteroatoms. The monoisotopic (exact) mass is 473 g/mol. The summed E-state index contributed by atoms with van der Waals surface area (Å²) < 4.78 is 0. The van der Waals surface area contributed by atoms with Crippen molar-refractivity contribution in [1.29, 1.82) is 0 Å². The number of carboxylic acids is 1. The van der Waals surface area contributed by atoms with Gasteiger partial charge in [0.2, 0.25) is 0 Å². The van der Waals surface area contributed by atoms with Gasteiger partial charge in [0.15, 0.2) is 0 Å². The number of carboxylic acid groups (broad SMARTS) is 1. The molecule has 35 heavy (non-hydrogen) atoms. The summed E-state index contributed by atoms with van der Waals surface area (Å²) in [4.78, 5) is 48.3. The van der Waals surface area contributed by atoms with Gasteiger partial charge in [0, 0.05) is 24.1 Å². The number of nitro groups is 1. The second kappa shape index (κ2) is 11.4. The van der Waals surface area contributed by atoms with Crippen LogP contribution in [0.3, 0.4) is 0 Å². The van der Waals surface area contributed by atoms with Crippen molar-refractivity contribution >= 4 is 29.5 Å². The smallest absolute Gasteiger partial charge is 0.326 e. The van der Waals surface area contributed by atoms with Crippen LogP contribution in [-0.4, -0.2) is 33.9 Å². The molecule has 2 amide bonds. The first-order valence-electron chi connectivity index (χ1n) is 10.6. The van der Waals surface area contributed by atoms with Crippen LogP contribution in [0.5, 0.6) is 0 Å². The zero-order valence-corrected chi connectivity index (χ0v) is 18.8. The van der Waals surface area contributed by atoms with Crippen LogP contribution in [-0.2, 0) is 16.0 Å². The third-order valence-corrected chi connectivity index (χ3v) is 5.08. The first-order valence-corrected chi connectivity index (χ1v) is 10.6. The number of aryl methyl sites for hydroxylation is 1. The van der Waals surface area contributed by atoms with E-state index in [1.54, 1.807) is 54.6 Å².